The first kappa shape index (κ1) is 31.0. The fourth-order valence-electron chi connectivity index (χ4n) is 2.78. The number of rotatable bonds is 11. The van der Waals surface area contributed by atoms with Gasteiger partial charge in [0.05, 0.1) is 0 Å². The Morgan fingerprint density at radius 1 is 0.972 bits per heavy atom. The molecule has 0 heterocycles. The molecule has 2 rings (SSSR count). The SMILES string of the molecule is CC(CN)OC(=O)OC(C)OC(=O)C(C)(C)Oc1ccc(CCNC(=O)c2ccc(Cl)cc2)cc1.Cl. The number of nitrogens with one attached hydrogen (secondary N) is 1. The zero-order valence-electron chi connectivity index (χ0n) is 20.6. The van der Waals surface area contributed by atoms with Crippen molar-refractivity contribution in [3.8, 4) is 5.75 Å². The third-order valence-electron chi connectivity index (χ3n) is 4.76. The first-order chi connectivity index (χ1) is 16.5. The lowest BCUT2D eigenvalue weighted by molar-refractivity contribution is -0.183. The highest BCUT2D eigenvalue weighted by molar-refractivity contribution is 6.30. The van der Waals surface area contributed by atoms with E-state index in [1.807, 2.05) is 12.1 Å². The van der Waals surface area contributed by atoms with Crippen LogP contribution >= 0.6 is 24.0 Å². The minimum absolute atomic E-state index is 0. The molecule has 0 saturated heterocycles. The van der Waals surface area contributed by atoms with Gasteiger partial charge in [0, 0.05) is 30.6 Å². The van der Waals surface area contributed by atoms with E-state index in [-0.39, 0.29) is 24.9 Å². The molecule has 2 aromatic carbocycles. The highest BCUT2D eigenvalue weighted by Crippen LogP contribution is 2.21. The Morgan fingerprint density at radius 2 is 1.58 bits per heavy atom. The molecule has 36 heavy (non-hydrogen) atoms. The van der Waals surface area contributed by atoms with E-state index < -0.39 is 30.1 Å². The van der Waals surface area contributed by atoms with Crippen LogP contribution in [-0.4, -0.2) is 49.1 Å². The molecular formula is C25H32Cl2N2O7. The van der Waals surface area contributed by atoms with E-state index in [0.29, 0.717) is 29.3 Å². The topological polar surface area (TPSA) is 126 Å². The highest BCUT2D eigenvalue weighted by Gasteiger charge is 2.34. The van der Waals surface area contributed by atoms with Gasteiger partial charge in [-0.05, 0) is 69.2 Å². The number of ether oxygens (including phenoxy) is 4. The molecule has 2 atom stereocenters. The second kappa shape index (κ2) is 14.5. The summed E-state index contributed by atoms with van der Waals surface area (Å²) in [5.41, 5.74) is 5.54. The number of amides is 1. The zero-order valence-corrected chi connectivity index (χ0v) is 22.2. The monoisotopic (exact) mass is 542 g/mol. The normalized spacial score (nSPS) is 12.4. The number of carbonyl (C=O) groups is 3. The van der Waals surface area contributed by atoms with Crippen LogP contribution in [0.3, 0.4) is 0 Å². The highest BCUT2D eigenvalue weighted by atomic mass is 35.5. The third kappa shape index (κ3) is 10.3. The van der Waals surface area contributed by atoms with Gasteiger partial charge in [0.1, 0.15) is 11.9 Å². The summed E-state index contributed by atoms with van der Waals surface area (Å²) < 4.78 is 20.7. The van der Waals surface area contributed by atoms with Crippen molar-refractivity contribution in [3.05, 3.63) is 64.7 Å². The molecule has 11 heteroatoms. The van der Waals surface area contributed by atoms with E-state index in [1.165, 1.54) is 20.8 Å². The Balaban J connectivity index is 0.00000648. The maximum Gasteiger partial charge on any atom is 0.511 e. The second-order valence-corrected chi connectivity index (χ2v) is 8.71. The molecule has 0 aromatic heterocycles. The van der Waals surface area contributed by atoms with Crippen LogP contribution in [0.2, 0.25) is 5.02 Å². The van der Waals surface area contributed by atoms with E-state index in [2.05, 4.69) is 5.32 Å². The fourth-order valence-corrected chi connectivity index (χ4v) is 2.90. The Kier molecular flexibility index (Phi) is 12.5. The molecule has 0 aliphatic carbocycles. The molecule has 198 valence electrons. The van der Waals surface area contributed by atoms with Crippen LogP contribution in [-0.2, 0) is 25.4 Å². The van der Waals surface area contributed by atoms with Gasteiger partial charge in [-0.1, -0.05) is 23.7 Å². The summed E-state index contributed by atoms with van der Waals surface area (Å²) in [6.45, 7) is 6.67. The minimum Gasteiger partial charge on any atom is -0.476 e. The van der Waals surface area contributed by atoms with E-state index in [0.717, 1.165) is 5.56 Å². The quantitative estimate of drug-likeness (QED) is 0.318. The van der Waals surface area contributed by atoms with Crippen molar-refractivity contribution in [1.29, 1.82) is 0 Å². The van der Waals surface area contributed by atoms with Crippen LogP contribution in [0, 0.1) is 0 Å². The van der Waals surface area contributed by atoms with E-state index in [4.69, 9.17) is 36.3 Å². The Morgan fingerprint density at radius 3 is 2.17 bits per heavy atom. The van der Waals surface area contributed by atoms with E-state index in [9.17, 15) is 14.4 Å². The molecule has 0 radical (unpaired) electrons. The van der Waals surface area contributed by atoms with Crippen LogP contribution in [0.4, 0.5) is 4.79 Å². The van der Waals surface area contributed by atoms with Crippen LogP contribution in [0.1, 0.15) is 43.6 Å². The molecule has 0 aliphatic rings. The fraction of sp³-hybridized carbons (Fsp3) is 0.400. The lowest BCUT2D eigenvalue weighted by atomic mass is 10.1. The predicted molar refractivity (Wildman–Crippen MR) is 138 cm³/mol. The molecule has 2 aromatic rings. The van der Waals surface area contributed by atoms with E-state index >= 15 is 0 Å². The van der Waals surface area contributed by atoms with Gasteiger partial charge in [0.2, 0.25) is 6.29 Å². The summed E-state index contributed by atoms with van der Waals surface area (Å²) in [6.07, 6.45) is -2.07. The van der Waals surface area contributed by atoms with Crippen LogP contribution in [0.5, 0.6) is 5.75 Å². The first-order valence-corrected chi connectivity index (χ1v) is 11.5. The van der Waals surface area contributed by atoms with Gasteiger partial charge in [-0.15, -0.1) is 12.4 Å². The number of halogens is 2. The van der Waals surface area contributed by atoms with Gasteiger partial charge in [0.25, 0.3) is 5.91 Å². The Bertz CT molecular complexity index is 998. The van der Waals surface area contributed by atoms with Crippen LogP contribution < -0.4 is 15.8 Å². The molecule has 0 spiro atoms. The molecule has 9 nitrogen and oxygen atoms in total. The molecule has 0 bridgehead atoms. The number of nitrogens with two attached hydrogens (primary N) is 1. The van der Waals surface area contributed by atoms with Gasteiger partial charge >= 0.3 is 12.1 Å². The molecule has 2 unspecified atom stereocenters. The number of benzene rings is 2. The molecule has 1 amide bonds. The molecular weight excluding hydrogens is 511 g/mol. The number of carbonyl (C=O) groups excluding carboxylic acids is 3. The summed E-state index contributed by atoms with van der Waals surface area (Å²) in [5, 5.41) is 3.42. The van der Waals surface area contributed by atoms with Crippen molar-refractivity contribution in [2.45, 2.75) is 52.1 Å². The minimum atomic E-state index is -1.35. The molecule has 0 saturated carbocycles. The number of esters is 1. The second-order valence-electron chi connectivity index (χ2n) is 8.27. The van der Waals surface area contributed by atoms with Gasteiger partial charge in [-0.25, -0.2) is 9.59 Å². The van der Waals surface area contributed by atoms with Crippen molar-refractivity contribution in [1.82, 2.24) is 5.32 Å². The summed E-state index contributed by atoms with van der Waals surface area (Å²) in [5.74, 6) is -0.452. The van der Waals surface area contributed by atoms with Crippen molar-refractivity contribution in [2.24, 2.45) is 5.73 Å². The van der Waals surface area contributed by atoms with Gasteiger partial charge < -0.3 is 30.0 Å². The zero-order chi connectivity index (χ0) is 26.0. The van der Waals surface area contributed by atoms with E-state index in [1.54, 1.807) is 43.3 Å². The van der Waals surface area contributed by atoms with Gasteiger partial charge in [0.15, 0.2) is 5.60 Å². The maximum absolute atomic E-state index is 12.5. The van der Waals surface area contributed by atoms with Crippen molar-refractivity contribution < 1.29 is 33.3 Å². The third-order valence-corrected chi connectivity index (χ3v) is 5.01. The molecule has 0 aliphatic heterocycles. The summed E-state index contributed by atoms with van der Waals surface area (Å²) in [4.78, 5) is 36.3. The summed E-state index contributed by atoms with van der Waals surface area (Å²) in [7, 11) is 0. The average Bonchev–Trinajstić information content (AvgIpc) is 2.80. The predicted octanol–water partition coefficient (Wildman–Crippen LogP) is 4.28. The van der Waals surface area contributed by atoms with Crippen molar-refractivity contribution in [3.63, 3.8) is 0 Å². The number of hydrogen-bond acceptors (Lipinski definition) is 8. The van der Waals surface area contributed by atoms with Crippen LogP contribution in [0.25, 0.3) is 0 Å². The van der Waals surface area contributed by atoms with Crippen molar-refractivity contribution in [2.75, 3.05) is 13.1 Å². The Labute approximate surface area is 222 Å². The smallest absolute Gasteiger partial charge is 0.476 e. The lowest BCUT2D eigenvalue weighted by Crippen LogP contribution is -2.42. The van der Waals surface area contributed by atoms with Gasteiger partial charge in [-0.3, -0.25) is 4.79 Å². The van der Waals surface area contributed by atoms with Crippen molar-refractivity contribution >= 4 is 42.0 Å². The number of hydrogen-bond donors (Lipinski definition) is 2. The average molecular weight is 543 g/mol. The molecule has 0 fully saturated rings. The lowest BCUT2D eigenvalue weighted by Gasteiger charge is -2.26. The van der Waals surface area contributed by atoms with Crippen LogP contribution in [0.15, 0.2) is 48.5 Å². The first-order valence-electron chi connectivity index (χ1n) is 11.1. The largest absolute Gasteiger partial charge is 0.511 e. The molecule has 3 N–H and O–H groups in total. The summed E-state index contributed by atoms with van der Waals surface area (Å²) >= 11 is 5.84. The summed E-state index contributed by atoms with van der Waals surface area (Å²) in [6, 6.07) is 13.8. The Hall–Kier alpha value is -3.01. The van der Waals surface area contributed by atoms with Gasteiger partial charge in [-0.2, -0.15) is 0 Å². The maximum atomic E-state index is 12.5. The standard InChI is InChI=1S/C25H31ClN2O7.ClH/c1-16(15-27)32-24(31)34-17(2)33-23(30)25(3,4)35-21-11-5-18(6-12-21)13-14-28-22(29)19-7-9-20(26)10-8-19;/h5-12,16-17H,13-15,27H2,1-4H3,(H,28,29);1H.